The molecular formula is C17H14N8O2. The molecule has 0 unspecified atom stereocenters. The Morgan fingerprint density at radius 3 is 2.93 bits per heavy atom. The van der Waals surface area contributed by atoms with Crippen molar-refractivity contribution in [1.29, 1.82) is 5.26 Å². The lowest BCUT2D eigenvalue weighted by Crippen LogP contribution is -2.15. The van der Waals surface area contributed by atoms with E-state index in [1.54, 1.807) is 30.7 Å². The van der Waals surface area contributed by atoms with E-state index in [1.807, 2.05) is 12.1 Å². The van der Waals surface area contributed by atoms with Crippen LogP contribution in [0.1, 0.15) is 33.5 Å². The van der Waals surface area contributed by atoms with Crippen molar-refractivity contribution in [3.63, 3.8) is 0 Å². The minimum Gasteiger partial charge on any atom is -0.349 e. The zero-order chi connectivity index (χ0) is 19.0. The van der Waals surface area contributed by atoms with E-state index >= 15 is 0 Å². The van der Waals surface area contributed by atoms with Gasteiger partial charge in [0.1, 0.15) is 18.3 Å². The van der Waals surface area contributed by atoms with Crippen molar-refractivity contribution < 1.29 is 9.32 Å². The van der Waals surface area contributed by atoms with Crippen molar-refractivity contribution in [2.75, 3.05) is 5.32 Å². The molecule has 0 saturated carbocycles. The molecular weight excluding hydrogens is 348 g/mol. The van der Waals surface area contributed by atoms with E-state index in [1.165, 1.54) is 0 Å². The summed E-state index contributed by atoms with van der Waals surface area (Å²) in [6, 6.07) is 9.32. The van der Waals surface area contributed by atoms with Crippen LogP contribution in [0.5, 0.6) is 0 Å². The molecule has 2 N–H and O–H groups in total. The molecule has 4 aromatic rings. The van der Waals surface area contributed by atoms with E-state index in [9.17, 15) is 10.1 Å². The maximum Gasteiger partial charge on any atom is 0.274 e. The van der Waals surface area contributed by atoms with Crippen LogP contribution in [0.2, 0.25) is 0 Å². The highest BCUT2D eigenvalue weighted by molar-refractivity contribution is 6.08. The van der Waals surface area contributed by atoms with Crippen LogP contribution in [0.25, 0.3) is 10.9 Å². The second kappa shape index (κ2) is 6.38. The minimum atomic E-state index is -0.465. The van der Waals surface area contributed by atoms with E-state index in [2.05, 4.69) is 36.8 Å². The van der Waals surface area contributed by atoms with Crippen LogP contribution in [0.3, 0.4) is 0 Å². The van der Waals surface area contributed by atoms with E-state index < -0.39 is 5.91 Å². The molecule has 0 spiro atoms. The Hall–Kier alpha value is -4.00. The molecule has 0 bridgehead atoms. The summed E-state index contributed by atoms with van der Waals surface area (Å²) < 4.78 is 6.48. The van der Waals surface area contributed by atoms with Crippen molar-refractivity contribution in [2.24, 2.45) is 0 Å². The first-order valence-corrected chi connectivity index (χ1v) is 8.08. The molecule has 0 saturated heterocycles. The van der Waals surface area contributed by atoms with Crippen LogP contribution in [0, 0.1) is 25.2 Å². The summed E-state index contributed by atoms with van der Waals surface area (Å²) in [6.45, 7) is 3.73. The summed E-state index contributed by atoms with van der Waals surface area (Å²) in [5.41, 5.74) is 1.81. The van der Waals surface area contributed by atoms with Gasteiger partial charge in [-0.25, -0.2) is 4.68 Å². The number of nitrogens with zero attached hydrogens (tertiary/aromatic N) is 6. The van der Waals surface area contributed by atoms with Gasteiger partial charge in [0.2, 0.25) is 5.89 Å². The monoisotopic (exact) mass is 362 g/mol. The lowest BCUT2D eigenvalue weighted by Gasteiger charge is -2.03. The number of hydrogen-bond donors (Lipinski definition) is 2. The Bertz CT molecular complexity index is 1190. The number of hydrogen-bond acceptors (Lipinski definition) is 7. The highest BCUT2D eigenvalue weighted by Crippen LogP contribution is 2.22. The maximum absolute atomic E-state index is 12.7. The predicted molar refractivity (Wildman–Crippen MR) is 93.9 cm³/mol. The summed E-state index contributed by atoms with van der Waals surface area (Å²) in [7, 11) is 0. The van der Waals surface area contributed by atoms with Crippen molar-refractivity contribution in [3.8, 4) is 6.07 Å². The summed E-state index contributed by atoms with van der Waals surface area (Å²) >= 11 is 0. The highest BCUT2D eigenvalue weighted by Gasteiger charge is 2.20. The van der Waals surface area contributed by atoms with Crippen molar-refractivity contribution in [3.05, 3.63) is 52.9 Å². The van der Waals surface area contributed by atoms with Crippen molar-refractivity contribution in [1.82, 2.24) is 30.1 Å². The Morgan fingerprint density at radius 2 is 2.19 bits per heavy atom. The first-order valence-electron chi connectivity index (χ1n) is 8.08. The van der Waals surface area contributed by atoms with Crippen LogP contribution in [-0.2, 0) is 6.54 Å². The smallest absolute Gasteiger partial charge is 0.274 e. The summed E-state index contributed by atoms with van der Waals surface area (Å²) in [4.78, 5) is 19.8. The number of aryl methyl sites for hydroxylation is 1. The highest BCUT2D eigenvalue weighted by atomic mass is 16.5. The molecule has 0 radical (unpaired) electrons. The summed E-state index contributed by atoms with van der Waals surface area (Å²) in [6.07, 6.45) is 0. The average molecular weight is 362 g/mol. The fourth-order valence-electron chi connectivity index (χ4n) is 2.76. The number of benzene rings is 1. The first kappa shape index (κ1) is 16.5. The molecule has 0 aliphatic heterocycles. The van der Waals surface area contributed by atoms with Crippen LogP contribution >= 0.6 is 0 Å². The fourth-order valence-corrected chi connectivity index (χ4v) is 2.76. The quantitative estimate of drug-likeness (QED) is 0.565. The third kappa shape index (κ3) is 2.91. The molecule has 3 aromatic heterocycles. The number of H-pyrrole nitrogens is 1. The Labute approximate surface area is 152 Å². The van der Waals surface area contributed by atoms with Gasteiger partial charge in [-0.15, -0.1) is 5.10 Å². The zero-order valence-electron chi connectivity index (χ0n) is 14.5. The number of carbonyl (C=O) groups is 1. The first-order chi connectivity index (χ1) is 13.1. The van der Waals surface area contributed by atoms with Crippen molar-refractivity contribution in [2.45, 2.75) is 20.4 Å². The van der Waals surface area contributed by atoms with Gasteiger partial charge < -0.3 is 14.8 Å². The Balaban J connectivity index is 1.60. The summed E-state index contributed by atoms with van der Waals surface area (Å²) in [5.74, 6) is 0.746. The molecule has 1 aromatic carbocycles. The molecule has 4 rings (SSSR count). The van der Waals surface area contributed by atoms with Crippen LogP contribution in [0.15, 0.2) is 28.8 Å². The van der Waals surface area contributed by atoms with Crippen LogP contribution in [-0.4, -0.2) is 36.0 Å². The molecule has 10 nitrogen and oxygen atoms in total. The lowest BCUT2D eigenvalue weighted by molar-refractivity contribution is 0.102. The van der Waals surface area contributed by atoms with Gasteiger partial charge in [0.25, 0.3) is 5.91 Å². The average Bonchev–Trinajstić information content (AvgIpc) is 3.34. The fraction of sp³-hybridized carbons (Fsp3) is 0.176. The number of carbonyl (C=O) groups excluding carboxylic acids is 1. The lowest BCUT2D eigenvalue weighted by atomic mass is 10.1. The molecule has 0 aliphatic carbocycles. The van der Waals surface area contributed by atoms with Gasteiger partial charge in [-0.2, -0.15) is 10.2 Å². The van der Waals surface area contributed by atoms with E-state index in [4.69, 9.17) is 4.52 Å². The van der Waals surface area contributed by atoms with Gasteiger partial charge in [-0.05, 0) is 13.0 Å². The third-order valence-corrected chi connectivity index (χ3v) is 4.12. The second-order valence-electron chi connectivity index (χ2n) is 5.90. The van der Waals surface area contributed by atoms with Gasteiger partial charge in [0.15, 0.2) is 11.6 Å². The van der Waals surface area contributed by atoms with E-state index in [0.29, 0.717) is 34.1 Å². The molecule has 134 valence electrons. The number of para-hydroxylation sites is 1. The maximum atomic E-state index is 12.7. The second-order valence-corrected chi connectivity index (χ2v) is 5.90. The molecule has 0 aliphatic rings. The number of nitrogens with one attached hydrogen (secondary N) is 2. The number of anilines is 1. The van der Waals surface area contributed by atoms with Gasteiger partial charge >= 0.3 is 0 Å². The molecule has 1 amide bonds. The zero-order valence-corrected chi connectivity index (χ0v) is 14.5. The molecule has 10 heteroatoms. The third-order valence-electron chi connectivity index (χ3n) is 4.12. The molecule has 0 atom stereocenters. The number of aromatic amines is 1. The standard InChI is InChI=1S/C17H14N8O2/c1-9-16(22-24-25(9)8-14-19-10(2)27-23-14)21-17(26)15-12(7-18)11-5-3-4-6-13(11)20-15/h3-6,20H,8H2,1-2H3,(H,21,26). The van der Waals surface area contributed by atoms with Gasteiger partial charge in [-0.3, -0.25) is 4.79 Å². The minimum absolute atomic E-state index is 0.182. The Morgan fingerprint density at radius 1 is 1.37 bits per heavy atom. The number of amides is 1. The largest absolute Gasteiger partial charge is 0.349 e. The van der Waals surface area contributed by atoms with Gasteiger partial charge in [-0.1, -0.05) is 28.6 Å². The van der Waals surface area contributed by atoms with Gasteiger partial charge in [0, 0.05) is 17.8 Å². The number of aromatic nitrogens is 6. The van der Waals surface area contributed by atoms with E-state index in [-0.39, 0.29) is 17.8 Å². The number of nitriles is 1. The summed E-state index contributed by atoms with van der Waals surface area (Å²) in [5, 5.41) is 24.6. The number of fused-ring (bicyclic) bond motifs is 1. The topological polar surface area (TPSA) is 138 Å². The molecule has 0 fully saturated rings. The molecule has 27 heavy (non-hydrogen) atoms. The molecule has 3 heterocycles. The van der Waals surface area contributed by atoms with Crippen molar-refractivity contribution >= 4 is 22.6 Å². The van der Waals surface area contributed by atoms with E-state index in [0.717, 1.165) is 0 Å². The SMILES string of the molecule is Cc1nc(Cn2nnc(NC(=O)c3[nH]c4ccccc4c3C#N)c2C)no1. The van der Waals surface area contributed by atoms with Gasteiger partial charge in [0.05, 0.1) is 11.3 Å². The number of rotatable bonds is 4. The normalized spacial score (nSPS) is 10.9. The van der Waals surface area contributed by atoms with Crippen LogP contribution < -0.4 is 5.32 Å². The Kier molecular flexibility index (Phi) is 3.89. The predicted octanol–water partition coefficient (Wildman–Crippen LogP) is 1.93. The van der Waals surface area contributed by atoms with Crippen LogP contribution in [0.4, 0.5) is 5.82 Å².